The van der Waals surface area contributed by atoms with Crippen LogP contribution in [0.5, 0.6) is 11.5 Å². The lowest BCUT2D eigenvalue weighted by molar-refractivity contribution is -0.136. The highest BCUT2D eigenvalue weighted by molar-refractivity contribution is 9.10. The molecule has 0 saturated carbocycles. The van der Waals surface area contributed by atoms with Gasteiger partial charge in [-0.25, -0.2) is 4.79 Å². The van der Waals surface area contributed by atoms with Crippen LogP contribution in [0.3, 0.4) is 0 Å². The van der Waals surface area contributed by atoms with Gasteiger partial charge >= 0.3 is 5.97 Å². The topological polar surface area (TPSA) is 97.1 Å². The van der Waals surface area contributed by atoms with Gasteiger partial charge < -0.3 is 24.7 Å². The molecule has 0 fully saturated rings. The number of Topliss-reactive ketones (excluding diaryl/α,β-unsaturated/α-hetero) is 1. The van der Waals surface area contributed by atoms with Crippen LogP contribution in [0.15, 0.2) is 39.4 Å². The Labute approximate surface area is 176 Å². The predicted molar refractivity (Wildman–Crippen MR) is 108 cm³/mol. The van der Waals surface area contributed by atoms with Crippen LogP contribution in [0.4, 0.5) is 0 Å². The van der Waals surface area contributed by atoms with E-state index in [4.69, 9.17) is 31.1 Å². The van der Waals surface area contributed by atoms with E-state index in [1.54, 1.807) is 12.1 Å². The molecule has 1 aliphatic carbocycles. The number of halogens is 1. The van der Waals surface area contributed by atoms with E-state index in [1.165, 1.54) is 14.2 Å². The summed E-state index contributed by atoms with van der Waals surface area (Å²) < 4.78 is 22.1. The number of esters is 1. The van der Waals surface area contributed by atoms with Crippen molar-refractivity contribution in [2.75, 3.05) is 20.8 Å². The van der Waals surface area contributed by atoms with E-state index in [0.29, 0.717) is 52.1 Å². The summed E-state index contributed by atoms with van der Waals surface area (Å²) in [4.78, 5) is 25.3. The van der Waals surface area contributed by atoms with Crippen molar-refractivity contribution in [2.24, 2.45) is 5.73 Å². The van der Waals surface area contributed by atoms with Crippen LogP contribution in [-0.4, -0.2) is 32.6 Å². The van der Waals surface area contributed by atoms with Crippen molar-refractivity contribution >= 4 is 27.7 Å². The molecule has 0 spiro atoms. The molecule has 7 nitrogen and oxygen atoms in total. The highest BCUT2D eigenvalue weighted by atomic mass is 79.9. The first-order valence-electron chi connectivity index (χ1n) is 8.88. The number of terminal acetylenes is 1. The Morgan fingerprint density at radius 2 is 2.14 bits per heavy atom. The van der Waals surface area contributed by atoms with E-state index in [0.717, 1.165) is 0 Å². The molecule has 0 unspecified atom stereocenters. The van der Waals surface area contributed by atoms with Crippen LogP contribution in [0, 0.1) is 12.3 Å². The molecule has 1 heterocycles. The molecule has 29 heavy (non-hydrogen) atoms. The average Bonchev–Trinajstić information content (AvgIpc) is 2.71. The second-order valence-corrected chi connectivity index (χ2v) is 7.30. The summed E-state index contributed by atoms with van der Waals surface area (Å²) in [5, 5.41) is 0. The van der Waals surface area contributed by atoms with Gasteiger partial charge in [-0.3, -0.25) is 4.79 Å². The number of methoxy groups -OCH3 is 2. The van der Waals surface area contributed by atoms with E-state index in [9.17, 15) is 9.59 Å². The van der Waals surface area contributed by atoms with Gasteiger partial charge in [-0.2, -0.15) is 0 Å². The second kappa shape index (κ2) is 8.62. The lowest BCUT2D eigenvalue weighted by Crippen LogP contribution is -2.31. The molecule has 0 amide bonds. The third kappa shape index (κ3) is 3.83. The number of benzene rings is 1. The van der Waals surface area contributed by atoms with Gasteiger partial charge in [0, 0.05) is 18.4 Å². The van der Waals surface area contributed by atoms with E-state index < -0.39 is 11.9 Å². The first-order valence-corrected chi connectivity index (χ1v) is 9.67. The molecule has 1 aromatic carbocycles. The second-order valence-electron chi connectivity index (χ2n) is 6.45. The number of ketones is 1. The molecule has 1 aromatic rings. The van der Waals surface area contributed by atoms with E-state index in [1.807, 2.05) is 0 Å². The van der Waals surface area contributed by atoms with Crippen LogP contribution in [-0.2, 0) is 19.1 Å². The molecule has 1 atom stereocenters. The van der Waals surface area contributed by atoms with E-state index in [2.05, 4.69) is 21.9 Å². The Balaban J connectivity index is 2.21. The fourth-order valence-corrected chi connectivity index (χ4v) is 4.13. The third-order valence-electron chi connectivity index (χ3n) is 4.77. The Kier molecular flexibility index (Phi) is 6.18. The van der Waals surface area contributed by atoms with Gasteiger partial charge in [0.1, 0.15) is 17.9 Å². The Morgan fingerprint density at radius 3 is 2.79 bits per heavy atom. The lowest BCUT2D eigenvalue weighted by Gasteiger charge is -2.32. The molecule has 3 rings (SSSR count). The predicted octanol–water partition coefficient (Wildman–Crippen LogP) is 2.93. The minimum absolute atomic E-state index is 0.0552. The fraction of sp³-hybridized carbons (Fsp3) is 0.333. The number of allylic oxidation sites excluding steroid dienone is 2. The molecule has 2 N–H and O–H groups in total. The van der Waals surface area contributed by atoms with Gasteiger partial charge in [0.2, 0.25) is 5.88 Å². The maximum atomic E-state index is 12.8. The van der Waals surface area contributed by atoms with E-state index in [-0.39, 0.29) is 23.8 Å². The van der Waals surface area contributed by atoms with Crippen molar-refractivity contribution in [3.8, 4) is 23.8 Å². The van der Waals surface area contributed by atoms with Crippen LogP contribution in [0.2, 0.25) is 0 Å². The Bertz CT molecular complexity index is 972. The van der Waals surface area contributed by atoms with Gasteiger partial charge in [0.15, 0.2) is 17.3 Å². The number of nitrogens with two attached hydrogens (primary N) is 1. The molecule has 0 aromatic heterocycles. The first-order chi connectivity index (χ1) is 13.9. The summed E-state index contributed by atoms with van der Waals surface area (Å²) in [6, 6.07) is 3.43. The SMILES string of the molecule is C#CCOc1c(Br)cc([C@@H]2C(C(=O)OC)=C(N)OC3=C2C(=O)CCC3)cc1OC. The maximum absolute atomic E-state index is 12.8. The molecular formula is C21H20BrNO6. The summed E-state index contributed by atoms with van der Waals surface area (Å²) in [6.45, 7) is 0.0552. The monoisotopic (exact) mass is 461 g/mol. The maximum Gasteiger partial charge on any atom is 0.340 e. The van der Waals surface area contributed by atoms with Crippen molar-refractivity contribution in [2.45, 2.75) is 25.2 Å². The van der Waals surface area contributed by atoms with Crippen molar-refractivity contribution in [3.05, 3.63) is 45.0 Å². The normalized spacial score (nSPS) is 18.6. The average molecular weight is 462 g/mol. The summed E-state index contributed by atoms with van der Waals surface area (Å²) in [7, 11) is 2.74. The van der Waals surface area contributed by atoms with Gasteiger partial charge in [0.05, 0.1) is 24.6 Å². The van der Waals surface area contributed by atoms with Crippen LogP contribution >= 0.6 is 15.9 Å². The Morgan fingerprint density at radius 1 is 1.38 bits per heavy atom. The van der Waals surface area contributed by atoms with Crippen LogP contribution in [0.25, 0.3) is 0 Å². The molecule has 1 aliphatic heterocycles. The summed E-state index contributed by atoms with van der Waals surface area (Å²) in [5.74, 6) is 2.12. The lowest BCUT2D eigenvalue weighted by atomic mass is 9.77. The van der Waals surface area contributed by atoms with Crippen molar-refractivity contribution in [1.29, 1.82) is 0 Å². The van der Waals surface area contributed by atoms with Crippen molar-refractivity contribution in [1.82, 2.24) is 0 Å². The number of carbonyl (C=O) groups is 2. The van der Waals surface area contributed by atoms with Gasteiger partial charge in [-0.15, -0.1) is 6.42 Å². The molecule has 0 radical (unpaired) electrons. The molecular weight excluding hydrogens is 442 g/mol. The molecule has 8 heteroatoms. The fourth-order valence-electron chi connectivity index (χ4n) is 3.56. The van der Waals surface area contributed by atoms with Crippen LogP contribution in [0.1, 0.15) is 30.7 Å². The standard InChI is InChI=1S/C21H20BrNO6/c1-4-8-28-19-12(22)9-11(10-15(19)26-2)16-17-13(24)6-5-7-14(17)29-20(23)18(16)21(25)27-3/h1,9-10,16H,5-8,23H2,2-3H3/t16-/m0/s1. The minimum atomic E-state index is -0.745. The quantitative estimate of drug-likeness (QED) is 0.531. The zero-order valence-electron chi connectivity index (χ0n) is 16.0. The van der Waals surface area contributed by atoms with Crippen LogP contribution < -0.4 is 15.2 Å². The largest absolute Gasteiger partial charge is 0.493 e. The summed E-state index contributed by atoms with van der Waals surface area (Å²) in [5.41, 5.74) is 7.16. The number of rotatable bonds is 5. The van der Waals surface area contributed by atoms with E-state index >= 15 is 0 Å². The number of carbonyl (C=O) groups excluding carboxylic acids is 2. The van der Waals surface area contributed by atoms with Gasteiger partial charge in [-0.05, 0) is 40.0 Å². The number of ether oxygens (including phenoxy) is 4. The zero-order chi connectivity index (χ0) is 21.1. The number of hydrogen-bond acceptors (Lipinski definition) is 7. The molecule has 2 aliphatic rings. The minimum Gasteiger partial charge on any atom is -0.493 e. The van der Waals surface area contributed by atoms with Crippen molar-refractivity contribution in [3.63, 3.8) is 0 Å². The van der Waals surface area contributed by atoms with Gasteiger partial charge in [0.25, 0.3) is 0 Å². The zero-order valence-corrected chi connectivity index (χ0v) is 17.6. The highest BCUT2D eigenvalue weighted by Crippen LogP contribution is 2.47. The Hall–Kier alpha value is -2.92. The summed E-state index contributed by atoms with van der Waals surface area (Å²) >= 11 is 3.46. The summed E-state index contributed by atoms with van der Waals surface area (Å²) in [6.07, 6.45) is 6.87. The number of hydrogen-bond donors (Lipinski definition) is 1. The molecule has 0 bridgehead atoms. The first kappa shape index (κ1) is 20.8. The molecule has 152 valence electrons. The van der Waals surface area contributed by atoms with Crippen molar-refractivity contribution < 1.29 is 28.5 Å². The smallest absolute Gasteiger partial charge is 0.340 e. The van der Waals surface area contributed by atoms with Gasteiger partial charge in [-0.1, -0.05) is 5.92 Å². The molecule has 0 saturated heterocycles. The highest BCUT2D eigenvalue weighted by Gasteiger charge is 2.41. The third-order valence-corrected chi connectivity index (χ3v) is 5.36.